The van der Waals surface area contributed by atoms with E-state index >= 15 is 0 Å². The molecule has 11 heavy (non-hydrogen) atoms. The van der Waals surface area contributed by atoms with E-state index in [4.69, 9.17) is 4.74 Å². The van der Waals surface area contributed by atoms with Crippen molar-refractivity contribution in [1.82, 2.24) is 0 Å². The van der Waals surface area contributed by atoms with Crippen LogP contribution in [0.2, 0.25) is 0 Å². The fraction of sp³-hybridized carbons (Fsp3) is 0.714. The molecule has 2 bridgehead atoms. The number of hydrogen-bond donors (Lipinski definition) is 1. The molecule has 2 rings (SSSR count). The maximum atomic E-state index is 11.0. The van der Waals surface area contributed by atoms with E-state index in [0.717, 1.165) is 0 Å². The Morgan fingerprint density at radius 2 is 2.27 bits per heavy atom. The first-order valence-corrected chi connectivity index (χ1v) is 3.52. The number of Topliss-reactive ketones (excluding diaryl/α,β-unsaturated/α-hetero) is 2. The first-order valence-electron chi connectivity index (χ1n) is 3.52. The standard InChI is InChI=1S/C7H8O4/c8-4-1-6(9)7(10)2-5(4)11-3-7/h5,10H,1-3H2/t5-,7+/m1/s1. The molecule has 4 heteroatoms. The Hall–Kier alpha value is -0.740. The highest BCUT2D eigenvalue weighted by Crippen LogP contribution is 2.31. The van der Waals surface area contributed by atoms with Crippen LogP contribution in [0.5, 0.6) is 0 Å². The molecule has 0 radical (unpaired) electrons. The predicted octanol–water partition coefficient (Wildman–Crippen LogP) is -0.952. The topological polar surface area (TPSA) is 63.6 Å². The smallest absolute Gasteiger partial charge is 0.174 e. The molecular formula is C7H8O4. The summed E-state index contributed by atoms with van der Waals surface area (Å²) in [4.78, 5) is 22.0. The molecule has 1 saturated heterocycles. The van der Waals surface area contributed by atoms with Crippen molar-refractivity contribution in [2.45, 2.75) is 24.5 Å². The minimum Gasteiger partial charge on any atom is -0.379 e. The second-order valence-corrected chi connectivity index (χ2v) is 3.10. The summed E-state index contributed by atoms with van der Waals surface area (Å²) >= 11 is 0. The number of hydrogen-bond acceptors (Lipinski definition) is 4. The lowest BCUT2D eigenvalue weighted by Crippen LogP contribution is -2.44. The van der Waals surface area contributed by atoms with Gasteiger partial charge < -0.3 is 9.84 Å². The van der Waals surface area contributed by atoms with Gasteiger partial charge in [0.1, 0.15) is 11.7 Å². The summed E-state index contributed by atoms with van der Waals surface area (Å²) in [6.07, 6.45) is -0.538. The van der Waals surface area contributed by atoms with Gasteiger partial charge in [0.05, 0.1) is 13.0 Å². The van der Waals surface area contributed by atoms with Gasteiger partial charge >= 0.3 is 0 Å². The summed E-state index contributed by atoms with van der Waals surface area (Å²) < 4.78 is 4.94. The van der Waals surface area contributed by atoms with E-state index in [1.807, 2.05) is 0 Å². The van der Waals surface area contributed by atoms with E-state index in [1.165, 1.54) is 0 Å². The lowest BCUT2D eigenvalue weighted by atomic mass is 9.84. The van der Waals surface area contributed by atoms with Gasteiger partial charge in [-0.2, -0.15) is 0 Å². The molecule has 0 aromatic carbocycles. The largest absolute Gasteiger partial charge is 0.379 e. The van der Waals surface area contributed by atoms with Crippen LogP contribution in [0.4, 0.5) is 0 Å². The summed E-state index contributed by atoms with van der Waals surface area (Å²) in [5, 5.41) is 9.48. The summed E-state index contributed by atoms with van der Waals surface area (Å²) in [5.74, 6) is -0.589. The number of aliphatic hydroxyl groups is 1. The van der Waals surface area contributed by atoms with Crippen LogP contribution >= 0.6 is 0 Å². The van der Waals surface area contributed by atoms with Crippen LogP contribution in [-0.2, 0) is 14.3 Å². The normalized spacial score (nSPS) is 43.2. The van der Waals surface area contributed by atoms with Crippen molar-refractivity contribution >= 4 is 11.6 Å². The second kappa shape index (κ2) is 1.89. The second-order valence-electron chi connectivity index (χ2n) is 3.10. The molecule has 1 aliphatic carbocycles. The Kier molecular flexibility index (Phi) is 1.20. The van der Waals surface area contributed by atoms with Crippen LogP contribution in [0, 0.1) is 0 Å². The Labute approximate surface area is 63.1 Å². The summed E-state index contributed by atoms with van der Waals surface area (Å²) in [6, 6.07) is 0. The first-order chi connectivity index (χ1) is 5.12. The molecule has 0 amide bonds. The third kappa shape index (κ3) is 0.829. The van der Waals surface area contributed by atoms with Gasteiger partial charge in [0.25, 0.3) is 0 Å². The van der Waals surface area contributed by atoms with Gasteiger partial charge in [-0.3, -0.25) is 9.59 Å². The lowest BCUT2D eigenvalue weighted by molar-refractivity contribution is -0.142. The maximum absolute atomic E-state index is 11.0. The van der Waals surface area contributed by atoms with Crippen LogP contribution in [-0.4, -0.2) is 35.0 Å². The number of rotatable bonds is 0. The van der Waals surface area contributed by atoms with Gasteiger partial charge in [-0.15, -0.1) is 0 Å². The Balaban J connectivity index is 2.32. The Morgan fingerprint density at radius 3 is 3.00 bits per heavy atom. The molecule has 0 unspecified atom stereocenters. The third-order valence-electron chi connectivity index (χ3n) is 2.26. The lowest BCUT2D eigenvalue weighted by Gasteiger charge is -2.21. The summed E-state index contributed by atoms with van der Waals surface area (Å²) in [5.41, 5.74) is -1.35. The van der Waals surface area contributed by atoms with Gasteiger partial charge in [0.15, 0.2) is 11.6 Å². The molecule has 4 nitrogen and oxygen atoms in total. The van der Waals surface area contributed by atoms with Crippen LogP contribution in [0.3, 0.4) is 0 Å². The van der Waals surface area contributed by atoms with Gasteiger partial charge in [0.2, 0.25) is 0 Å². The zero-order valence-electron chi connectivity index (χ0n) is 5.87. The van der Waals surface area contributed by atoms with E-state index < -0.39 is 17.5 Å². The summed E-state index contributed by atoms with van der Waals surface area (Å²) in [7, 11) is 0. The molecule has 60 valence electrons. The number of fused-ring (bicyclic) bond motifs is 2. The fourth-order valence-corrected chi connectivity index (χ4v) is 1.50. The maximum Gasteiger partial charge on any atom is 0.174 e. The number of carbonyl (C=O) groups is 2. The highest BCUT2D eigenvalue weighted by atomic mass is 16.5. The predicted molar refractivity (Wildman–Crippen MR) is 33.9 cm³/mol. The molecule has 2 atom stereocenters. The molecule has 1 N–H and O–H groups in total. The molecule has 2 fully saturated rings. The van der Waals surface area contributed by atoms with Crippen molar-refractivity contribution in [3.63, 3.8) is 0 Å². The van der Waals surface area contributed by atoms with E-state index in [9.17, 15) is 14.7 Å². The van der Waals surface area contributed by atoms with Gasteiger partial charge in [0, 0.05) is 6.42 Å². The molecule has 1 heterocycles. The van der Waals surface area contributed by atoms with Crippen molar-refractivity contribution in [1.29, 1.82) is 0 Å². The van der Waals surface area contributed by atoms with E-state index in [-0.39, 0.29) is 25.2 Å². The van der Waals surface area contributed by atoms with Gasteiger partial charge in [-0.1, -0.05) is 0 Å². The monoisotopic (exact) mass is 156 g/mol. The molecule has 0 aromatic rings. The SMILES string of the molecule is O=C1CC(=O)[C@@]2(O)CO[C@@H]1C2. The molecule has 0 aromatic heterocycles. The van der Waals surface area contributed by atoms with E-state index in [0.29, 0.717) is 0 Å². The number of ketones is 2. The van der Waals surface area contributed by atoms with Gasteiger partial charge in [-0.25, -0.2) is 0 Å². The quantitative estimate of drug-likeness (QED) is 0.459. The van der Waals surface area contributed by atoms with Crippen LogP contribution in [0.25, 0.3) is 0 Å². The molecule has 0 spiro atoms. The van der Waals surface area contributed by atoms with Crippen LogP contribution < -0.4 is 0 Å². The minimum absolute atomic E-state index is 0.0117. The van der Waals surface area contributed by atoms with E-state index in [1.54, 1.807) is 0 Å². The average Bonchev–Trinajstić information content (AvgIpc) is 2.28. The number of ether oxygens (including phenoxy) is 1. The van der Waals surface area contributed by atoms with Gasteiger partial charge in [-0.05, 0) is 0 Å². The van der Waals surface area contributed by atoms with Crippen LogP contribution in [0.1, 0.15) is 12.8 Å². The fourth-order valence-electron chi connectivity index (χ4n) is 1.50. The highest BCUT2D eigenvalue weighted by molar-refractivity contribution is 6.08. The van der Waals surface area contributed by atoms with Crippen molar-refractivity contribution in [3.8, 4) is 0 Å². The zero-order chi connectivity index (χ0) is 8.06. The van der Waals surface area contributed by atoms with Crippen molar-refractivity contribution in [2.24, 2.45) is 0 Å². The van der Waals surface area contributed by atoms with Crippen molar-refractivity contribution in [2.75, 3.05) is 6.61 Å². The van der Waals surface area contributed by atoms with Crippen molar-refractivity contribution in [3.05, 3.63) is 0 Å². The van der Waals surface area contributed by atoms with E-state index in [2.05, 4.69) is 0 Å². The molecule has 1 aliphatic heterocycles. The van der Waals surface area contributed by atoms with Crippen LogP contribution in [0.15, 0.2) is 0 Å². The molecule has 2 aliphatic rings. The third-order valence-corrected chi connectivity index (χ3v) is 2.26. The highest BCUT2D eigenvalue weighted by Gasteiger charge is 2.51. The molecular weight excluding hydrogens is 148 g/mol. The molecule has 1 saturated carbocycles. The zero-order valence-corrected chi connectivity index (χ0v) is 5.87. The Bertz CT molecular complexity index is 235. The average molecular weight is 156 g/mol. The van der Waals surface area contributed by atoms with Crippen molar-refractivity contribution < 1.29 is 19.4 Å². The first kappa shape index (κ1) is 6.94. The Morgan fingerprint density at radius 1 is 1.55 bits per heavy atom. The number of carbonyl (C=O) groups excluding carboxylic acids is 2. The minimum atomic E-state index is -1.35. The summed E-state index contributed by atoms with van der Waals surface area (Å²) in [6.45, 7) is -0.0117.